The molecule has 5 nitrogen and oxygen atoms in total. The molecule has 0 aliphatic rings. The fraction of sp³-hybridized carbons (Fsp3) is 0.240. The summed E-state index contributed by atoms with van der Waals surface area (Å²) in [5.74, 6) is 3.48. The molecule has 5 aromatic carbocycles. The maximum atomic E-state index is 6.42. The molecule has 0 bridgehead atoms. The molecule has 6 heteroatoms. The summed E-state index contributed by atoms with van der Waals surface area (Å²) in [4.78, 5) is 4.69. The minimum absolute atomic E-state index is 0. The van der Waals surface area contributed by atoms with Gasteiger partial charge >= 0.3 is 20.1 Å². The van der Waals surface area contributed by atoms with Crippen molar-refractivity contribution < 1.29 is 29.1 Å². The van der Waals surface area contributed by atoms with E-state index in [2.05, 4.69) is 163 Å². The van der Waals surface area contributed by atoms with Gasteiger partial charge in [-0.2, -0.15) is 18.6 Å². The quantitative estimate of drug-likeness (QED) is 0.113. The number of hydrogen-bond donors (Lipinski definition) is 0. The van der Waals surface area contributed by atoms with E-state index in [1.807, 2.05) is 53.4 Å². The summed E-state index contributed by atoms with van der Waals surface area (Å²) >= 11 is 0. The number of aromatic nitrogens is 4. The fourth-order valence-corrected chi connectivity index (χ4v) is 7.78. The Morgan fingerprint density at radius 2 is 1.34 bits per heavy atom. The Morgan fingerprint density at radius 1 is 0.679 bits per heavy atom. The molecular formula is C50H52IrN4O+. The van der Waals surface area contributed by atoms with Crippen LogP contribution < -0.4 is 4.57 Å². The van der Waals surface area contributed by atoms with Gasteiger partial charge < -0.3 is 13.6 Å². The van der Waals surface area contributed by atoms with E-state index in [0.717, 1.165) is 39.5 Å². The number of para-hydroxylation sites is 2. The summed E-state index contributed by atoms with van der Waals surface area (Å²) in [5.41, 5.74) is 12.7. The zero-order valence-corrected chi connectivity index (χ0v) is 36.2. The first-order chi connectivity index (χ1) is 26.5. The largest absolute Gasteiger partial charge is 3.00 e. The Balaban J connectivity index is 0.000000190. The average Bonchev–Trinajstić information content (AvgIpc) is 3.91. The minimum Gasteiger partial charge on any atom is -0.456 e. The average molecular weight is 917 g/mol. The number of furan rings is 1. The van der Waals surface area contributed by atoms with E-state index >= 15 is 0 Å². The molecule has 0 spiro atoms. The third kappa shape index (κ3) is 7.48. The van der Waals surface area contributed by atoms with E-state index in [9.17, 15) is 0 Å². The maximum absolute atomic E-state index is 6.42. The van der Waals surface area contributed by atoms with Gasteiger partial charge in [0.05, 0.1) is 12.0 Å². The summed E-state index contributed by atoms with van der Waals surface area (Å²) in [6.07, 6.45) is 8.05. The third-order valence-corrected chi connectivity index (χ3v) is 10.5. The minimum atomic E-state index is 0. The van der Waals surface area contributed by atoms with Crippen LogP contribution in [-0.4, -0.2) is 14.1 Å². The van der Waals surface area contributed by atoms with E-state index < -0.39 is 0 Å². The smallest absolute Gasteiger partial charge is 0.456 e. The van der Waals surface area contributed by atoms with Gasteiger partial charge in [0.1, 0.15) is 22.7 Å². The van der Waals surface area contributed by atoms with Crippen molar-refractivity contribution in [1.29, 1.82) is 0 Å². The van der Waals surface area contributed by atoms with Crippen LogP contribution in [0.4, 0.5) is 0 Å². The number of imidazole rings is 2. The molecule has 8 aromatic rings. The molecule has 0 aliphatic heterocycles. The molecule has 8 rings (SSSR count). The topological polar surface area (TPSA) is 39.8 Å². The standard InChI is InChI=1S/C27H25N2O.C23H27N2.Ir/c1-17(2)21-16-22-20-12-8-9-13-23(20)30-26(22)24(18(3)4)25(21)29-15-14-28-27(29)19-10-6-5-7-11-19;1-16(2)19-12-9-13-20(17(3)4)22(19)25-15-14-24(6)23(25)21-11-8-7-10-18(21)5;/h5-10,12-18H,1-4H3;7-17H,5-6H2,1-4H3;/q2*-1;+3. The summed E-state index contributed by atoms with van der Waals surface area (Å²) in [7, 11) is 4.20. The molecule has 0 amide bonds. The van der Waals surface area contributed by atoms with Crippen molar-refractivity contribution in [3.05, 3.63) is 170 Å². The first-order valence-corrected chi connectivity index (χ1v) is 19.4. The molecule has 0 saturated carbocycles. The van der Waals surface area contributed by atoms with Crippen molar-refractivity contribution in [3.63, 3.8) is 0 Å². The molecule has 0 N–H and O–H groups in total. The predicted molar refractivity (Wildman–Crippen MR) is 228 cm³/mol. The Kier molecular flexibility index (Phi) is 12.1. The van der Waals surface area contributed by atoms with Crippen molar-refractivity contribution >= 4 is 21.9 Å². The molecule has 56 heavy (non-hydrogen) atoms. The zero-order chi connectivity index (χ0) is 39.0. The van der Waals surface area contributed by atoms with Gasteiger partial charge in [-0.15, -0.1) is 48.0 Å². The van der Waals surface area contributed by atoms with Crippen LogP contribution in [-0.2, 0) is 20.1 Å². The van der Waals surface area contributed by atoms with Crippen LogP contribution in [0.15, 0.2) is 126 Å². The van der Waals surface area contributed by atoms with Crippen LogP contribution >= 0.6 is 0 Å². The van der Waals surface area contributed by atoms with Crippen LogP contribution in [0.2, 0.25) is 0 Å². The molecule has 0 radical (unpaired) electrons. The zero-order valence-electron chi connectivity index (χ0n) is 33.8. The van der Waals surface area contributed by atoms with Crippen LogP contribution in [0.1, 0.15) is 107 Å². The van der Waals surface area contributed by atoms with E-state index in [1.165, 1.54) is 44.4 Å². The second-order valence-electron chi connectivity index (χ2n) is 15.6. The molecule has 3 heterocycles. The summed E-state index contributed by atoms with van der Waals surface area (Å²) in [6.45, 7) is 22.2. The van der Waals surface area contributed by atoms with Gasteiger partial charge in [0, 0.05) is 51.7 Å². The van der Waals surface area contributed by atoms with Gasteiger partial charge in [-0.3, -0.25) is 9.55 Å². The number of rotatable bonds is 8. The van der Waals surface area contributed by atoms with Crippen molar-refractivity contribution in [1.82, 2.24) is 14.1 Å². The van der Waals surface area contributed by atoms with Gasteiger partial charge in [0.25, 0.3) is 0 Å². The van der Waals surface area contributed by atoms with Crippen LogP contribution in [0, 0.1) is 20.0 Å². The molecule has 0 unspecified atom stereocenters. The van der Waals surface area contributed by atoms with E-state index in [0.29, 0.717) is 17.8 Å². The molecular weight excluding hydrogens is 865 g/mol. The van der Waals surface area contributed by atoms with Crippen LogP contribution in [0.3, 0.4) is 0 Å². The van der Waals surface area contributed by atoms with Gasteiger partial charge in [-0.1, -0.05) is 103 Å². The maximum Gasteiger partial charge on any atom is 3.00 e. The summed E-state index contributed by atoms with van der Waals surface area (Å²) < 4.78 is 12.8. The fourth-order valence-electron chi connectivity index (χ4n) is 7.78. The molecule has 0 aliphatic carbocycles. The molecule has 3 aromatic heterocycles. The van der Waals surface area contributed by atoms with Gasteiger partial charge in [-0.05, 0) is 48.4 Å². The van der Waals surface area contributed by atoms with E-state index in [1.54, 1.807) is 0 Å². The monoisotopic (exact) mass is 917 g/mol. The van der Waals surface area contributed by atoms with Crippen LogP contribution in [0.5, 0.6) is 0 Å². The van der Waals surface area contributed by atoms with Crippen molar-refractivity contribution in [2.75, 3.05) is 0 Å². The number of hydrogen-bond acceptors (Lipinski definition) is 2. The Labute approximate surface area is 346 Å². The summed E-state index contributed by atoms with van der Waals surface area (Å²) in [6, 6.07) is 36.8. The van der Waals surface area contributed by atoms with E-state index in [-0.39, 0.29) is 26.0 Å². The Bertz CT molecular complexity index is 2560. The van der Waals surface area contributed by atoms with E-state index in [4.69, 9.17) is 4.42 Å². The first kappa shape index (κ1) is 40.4. The number of fused-ring (bicyclic) bond motifs is 3. The molecule has 0 atom stereocenters. The SMILES string of the molecule is CC(C)c1cc2c(oc3ccccc32)c(C(C)C)c1-n1ccnc1-c1[c-]cccc1.[CH2-]c1ccccc1-c1n(-c2c(C(C)C)cccc2C(C)C)cc[n+]1[CH2-].[Ir+3]. The van der Waals surface area contributed by atoms with Gasteiger partial charge in [0.2, 0.25) is 0 Å². The van der Waals surface area contributed by atoms with Gasteiger partial charge in [0.15, 0.2) is 0 Å². The number of benzene rings is 5. The second kappa shape index (κ2) is 16.8. The third-order valence-electron chi connectivity index (χ3n) is 10.5. The van der Waals surface area contributed by atoms with Gasteiger partial charge in [-0.25, -0.2) is 0 Å². The van der Waals surface area contributed by atoms with Crippen molar-refractivity contribution in [2.45, 2.75) is 79.1 Å². The van der Waals surface area contributed by atoms with Crippen LogP contribution in [0.25, 0.3) is 56.1 Å². The predicted octanol–water partition coefficient (Wildman–Crippen LogP) is 13.0. The normalized spacial score (nSPS) is 11.5. The number of nitrogens with zero attached hydrogens (tertiary/aromatic N) is 4. The first-order valence-electron chi connectivity index (χ1n) is 19.4. The Morgan fingerprint density at radius 3 is 1.98 bits per heavy atom. The molecule has 286 valence electrons. The molecule has 0 saturated heterocycles. The van der Waals surface area contributed by atoms with Crippen molar-refractivity contribution in [2.24, 2.45) is 0 Å². The summed E-state index contributed by atoms with van der Waals surface area (Å²) in [5, 5.41) is 2.36. The second-order valence-corrected chi connectivity index (χ2v) is 15.6. The molecule has 0 fully saturated rings. The Hall–Kier alpha value is -5.29. The van der Waals surface area contributed by atoms with Crippen molar-refractivity contribution in [3.8, 4) is 34.2 Å².